The Bertz CT molecular complexity index is 193. The molecule has 3 nitrogen and oxygen atoms in total. The van der Waals surface area contributed by atoms with E-state index in [1.54, 1.807) is 0 Å². The van der Waals surface area contributed by atoms with E-state index in [2.05, 4.69) is 24.2 Å². The molecule has 1 N–H and O–H groups in total. The van der Waals surface area contributed by atoms with E-state index in [0.29, 0.717) is 0 Å². The summed E-state index contributed by atoms with van der Waals surface area (Å²) < 4.78 is 5.40. The standard InChI is InChI=1S/C15H32N2O/c1-14(12-16-2)13-17(3)9-5-4-6-15-7-10-18-11-8-15/h14-16H,4-13H2,1-3H3. The maximum absolute atomic E-state index is 5.40. The van der Waals surface area contributed by atoms with Crippen molar-refractivity contribution in [1.82, 2.24) is 10.2 Å². The molecule has 108 valence electrons. The topological polar surface area (TPSA) is 24.5 Å². The van der Waals surface area contributed by atoms with Crippen LogP contribution in [-0.4, -0.2) is 51.8 Å². The molecule has 18 heavy (non-hydrogen) atoms. The zero-order valence-corrected chi connectivity index (χ0v) is 12.6. The summed E-state index contributed by atoms with van der Waals surface area (Å²) in [7, 11) is 4.28. The van der Waals surface area contributed by atoms with E-state index < -0.39 is 0 Å². The van der Waals surface area contributed by atoms with Gasteiger partial charge in [0.1, 0.15) is 0 Å². The van der Waals surface area contributed by atoms with Crippen LogP contribution in [0.1, 0.15) is 39.0 Å². The van der Waals surface area contributed by atoms with Crippen molar-refractivity contribution in [1.29, 1.82) is 0 Å². The van der Waals surface area contributed by atoms with Crippen LogP contribution in [0.25, 0.3) is 0 Å². The largest absolute Gasteiger partial charge is 0.381 e. The number of hydrogen-bond acceptors (Lipinski definition) is 3. The van der Waals surface area contributed by atoms with Gasteiger partial charge in [0.2, 0.25) is 0 Å². The van der Waals surface area contributed by atoms with Gasteiger partial charge >= 0.3 is 0 Å². The van der Waals surface area contributed by atoms with Gasteiger partial charge in [0.05, 0.1) is 0 Å². The summed E-state index contributed by atoms with van der Waals surface area (Å²) in [5.41, 5.74) is 0. The second-order valence-corrected chi connectivity index (χ2v) is 5.98. The minimum Gasteiger partial charge on any atom is -0.381 e. The third kappa shape index (κ3) is 7.34. The van der Waals surface area contributed by atoms with Gasteiger partial charge in [-0.15, -0.1) is 0 Å². The van der Waals surface area contributed by atoms with Crippen LogP contribution >= 0.6 is 0 Å². The maximum Gasteiger partial charge on any atom is 0.0468 e. The lowest BCUT2D eigenvalue weighted by molar-refractivity contribution is 0.0629. The van der Waals surface area contributed by atoms with Gasteiger partial charge in [-0.1, -0.05) is 19.8 Å². The molecule has 0 saturated carbocycles. The van der Waals surface area contributed by atoms with Crippen molar-refractivity contribution in [2.75, 3.05) is 46.9 Å². The SMILES string of the molecule is CNCC(C)CN(C)CCCCC1CCOCC1. The van der Waals surface area contributed by atoms with Crippen molar-refractivity contribution in [2.24, 2.45) is 11.8 Å². The van der Waals surface area contributed by atoms with Crippen molar-refractivity contribution in [2.45, 2.75) is 39.0 Å². The van der Waals surface area contributed by atoms with Gasteiger partial charge < -0.3 is 15.0 Å². The molecule has 0 aromatic heterocycles. The zero-order valence-electron chi connectivity index (χ0n) is 12.6. The normalized spacial score (nSPS) is 19.3. The lowest BCUT2D eigenvalue weighted by Gasteiger charge is -2.23. The molecule has 1 rings (SSSR count). The molecule has 0 aromatic rings. The predicted octanol–water partition coefficient (Wildman–Crippen LogP) is 2.37. The predicted molar refractivity (Wildman–Crippen MR) is 78.0 cm³/mol. The lowest BCUT2D eigenvalue weighted by atomic mass is 9.94. The van der Waals surface area contributed by atoms with Crippen molar-refractivity contribution >= 4 is 0 Å². The van der Waals surface area contributed by atoms with Crippen molar-refractivity contribution in [3.8, 4) is 0 Å². The van der Waals surface area contributed by atoms with Gasteiger partial charge in [0.25, 0.3) is 0 Å². The van der Waals surface area contributed by atoms with E-state index in [-0.39, 0.29) is 0 Å². The zero-order chi connectivity index (χ0) is 13.2. The Morgan fingerprint density at radius 1 is 1.28 bits per heavy atom. The summed E-state index contributed by atoms with van der Waals surface area (Å²) in [4.78, 5) is 2.48. The van der Waals surface area contributed by atoms with Gasteiger partial charge in [-0.2, -0.15) is 0 Å². The maximum atomic E-state index is 5.40. The monoisotopic (exact) mass is 256 g/mol. The van der Waals surface area contributed by atoms with Crippen LogP contribution in [0, 0.1) is 11.8 Å². The third-order valence-electron chi connectivity index (χ3n) is 3.92. The average molecular weight is 256 g/mol. The Kier molecular flexibility index (Phi) is 8.64. The quantitative estimate of drug-likeness (QED) is 0.641. The lowest BCUT2D eigenvalue weighted by Crippen LogP contribution is -2.30. The summed E-state index contributed by atoms with van der Waals surface area (Å²) in [6.45, 7) is 7.87. The second kappa shape index (κ2) is 9.76. The first-order valence-corrected chi connectivity index (χ1v) is 7.63. The Labute approximate surface area is 113 Å². The number of nitrogens with zero attached hydrogens (tertiary/aromatic N) is 1. The van der Waals surface area contributed by atoms with Crippen LogP contribution < -0.4 is 5.32 Å². The number of nitrogens with one attached hydrogen (secondary N) is 1. The molecule has 1 aliphatic rings. The fourth-order valence-corrected chi connectivity index (χ4v) is 2.89. The molecular weight excluding hydrogens is 224 g/mol. The average Bonchev–Trinajstić information content (AvgIpc) is 2.36. The van der Waals surface area contributed by atoms with Crippen LogP contribution in [0.5, 0.6) is 0 Å². The molecule has 0 spiro atoms. The number of hydrogen-bond donors (Lipinski definition) is 1. The molecule has 1 saturated heterocycles. The molecule has 1 unspecified atom stereocenters. The van der Waals surface area contributed by atoms with Crippen molar-refractivity contribution in [3.63, 3.8) is 0 Å². The summed E-state index contributed by atoms with van der Waals surface area (Å²) in [6, 6.07) is 0. The van der Waals surface area contributed by atoms with Crippen LogP contribution in [-0.2, 0) is 4.74 Å². The summed E-state index contributed by atoms with van der Waals surface area (Å²) >= 11 is 0. The second-order valence-electron chi connectivity index (χ2n) is 5.98. The highest BCUT2D eigenvalue weighted by Gasteiger charge is 2.13. The molecule has 1 aliphatic heterocycles. The highest BCUT2D eigenvalue weighted by Crippen LogP contribution is 2.20. The van der Waals surface area contributed by atoms with Gasteiger partial charge in [-0.25, -0.2) is 0 Å². The van der Waals surface area contributed by atoms with Crippen LogP contribution in [0.15, 0.2) is 0 Å². The minimum absolute atomic E-state index is 0.746. The minimum atomic E-state index is 0.746. The Balaban J connectivity index is 1.95. The summed E-state index contributed by atoms with van der Waals surface area (Å²) in [5.74, 6) is 1.68. The molecule has 0 aliphatic carbocycles. The number of unbranched alkanes of at least 4 members (excludes halogenated alkanes) is 1. The Hall–Kier alpha value is -0.120. The van der Waals surface area contributed by atoms with E-state index in [1.165, 1.54) is 45.2 Å². The smallest absolute Gasteiger partial charge is 0.0468 e. The van der Waals surface area contributed by atoms with E-state index in [9.17, 15) is 0 Å². The first kappa shape index (κ1) is 15.9. The fraction of sp³-hybridized carbons (Fsp3) is 1.00. The van der Waals surface area contributed by atoms with Gasteiger partial charge in [0.15, 0.2) is 0 Å². The molecule has 0 aromatic carbocycles. The Morgan fingerprint density at radius 3 is 2.67 bits per heavy atom. The molecular formula is C15H32N2O. The molecule has 3 heteroatoms. The van der Waals surface area contributed by atoms with Gasteiger partial charge in [0, 0.05) is 19.8 Å². The third-order valence-corrected chi connectivity index (χ3v) is 3.92. The molecule has 0 amide bonds. The van der Waals surface area contributed by atoms with Crippen molar-refractivity contribution < 1.29 is 4.74 Å². The van der Waals surface area contributed by atoms with Crippen molar-refractivity contribution in [3.05, 3.63) is 0 Å². The first-order valence-electron chi connectivity index (χ1n) is 7.63. The molecule has 0 radical (unpaired) electrons. The number of rotatable bonds is 9. The molecule has 1 atom stereocenters. The molecule has 1 heterocycles. The van der Waals surface area contributed by atoms with E-state index >= 15 is 0 Å². The number of ether oxygens (including phenoxy) is 1. The van der Waals surface area contributed by atoms with Crippen LogP contribution in [0.2, 0.25) is 0 Å². The van der Waals surface area contributed by atoms with E-state index in [4.69, 9.17) is 4.74 Å². The Morgan fingerprint density at radius 2 is 2.00 bits per heavy atom. The fourth-order valence-electron chi connectivity index (χ4n) is 2.89. The summed E-state index contributed by atoms with van der Waals surface area (Å²) in [6.07, 6.45) is 6.71. The van der Waals surface area contributed by atoms with Crippen LogP contribution in [0.4, 0.5) is 0 Å². The van der Waals surface area contributed by atoms with E-state index in [1.807, 2.05) is 7.05 Å². The first-order chi connectivity index (χ1) is 8.72. The van der Waals surface area contributed by atoms with E-state index in [0.717, 1.165) is 31.6 Å². The summed E-state index contributed by atoms with van der Waals surface area (Å²) in [5, 5.41) is 3.24. The molecule has 0 bridgehead atoms. The van der Waals surface area contributed by atoms with Gasteiger partial charge in [-0.3, -0.25) is 0 Å². The van der Waals surface area contributed by atoms with Gasteiger partial charge in [-0.05, 0) is 58.3 Å². The molecule has 1 fully saturated rings. The van der Waals surface area contributed by atoms with Crippen LogP contribution in [0.3, 0.4) is 0 Å². The highest BCUT2D eigenvalue weighted by molar-refractivity contribution is 4.65. The highest BCUT2D eigenvalue weighted by atomic mass is 16.5.